The van der Waals surface area contributed by atoms with Gasteiger partial charge in [-0.05, 0) is 69.2 Å². The number of ether oxygens (including phenoxy) is 3. The molecule has 5 bridgehead atoms. The van der Waals surface area contributed by atoms with E-state index in [0.29, 0.717) is 64.4 Å². The van der Waals surface area contributed by atoms with E-state index in [4.69, 9.17) is 24.2 Å². The number of aliphatic hydroxyl groups is 2. The van der Waals surface area contributed by atoms with Crippen LogP contribution in [0.3, 0.4) is 0 Å². The van der Waals surface area contributed by atoms with Gasteiger partial charge in [-0.2, -0.15) is 0 Å². The first-order chi connectivity index (χ1) is 34.7. The predicted molar refractivity (Wildman–Crippen MR) is 270 cm³/mol. The second kappa shape index (κ2) is 22.1. The number of piperidine rings is 1. The van der Waals surface area contributed by atoms with Crippen molar-refractivity contribution >= 4 is 40.0 Å². The van der Waals surface area contributed by atoms with Crippen LogP contribution in [0.5, 0.6) is 17.2 Å². The minimum atomic E-state index is -1.95. The van der Waals surface area contributed by atoms with Crippen LogP contribution in [0, 0.1) is 24.6 Å². The van der Waals surface area contributed by atoms with Crippen LogP contribution in [0.4, 0.5) is 10.1 Å². The summed E-state index contributed by atoms with van der Waals surface area (Å²) in [5.74, 6) is -5.48. The molecule has 3 aromatic rings. The summed E-state index contributed by atoms with van der Waals surface area (Å²) in [6.07, 6.45) is 6.22. The average molecular weight is 1010 g/mol. The third-order valence-electron chi connectivity index (χ3n) is 14.6. The number of esters is 1. The van der Waals surface area contributed by atoms with Gasteiger partial charge in [-0.1, -0.05) is 51.1 Å². The monoisotopic (exact) mass is 1010 g/mol. The van der Waals surface area contributed by atoms with Gasteiger partial charge < -0.3 is 49.8 Å². The van der Waals surface area contributed by atoms with Crippen LogP contribution >= 0.6 is 0 Å². The van der Waals surface area contributed by atoms with Crippen molar-refractivity contribution in [3.63, 3.8) is 0 Å². The number of ketones is 1. The van der Waals surface area contributed by atoms with E-state index in [1.165, 1.54) is 25.3 Å². The van der Waals surface area contributed by atoms with Crippen LogP contribution in [0.25, 0.3) is 10.8 Å². The number of aromatic hydroxyl groups is 2. The summed E-state index contributed by atoms with van der Waals surface area (Å²) in [4.78, 5) is 72.1. The van der Waals surface area contributed by atoms with E-state index >= 15 is 0 Å². The Hall–Kier alpha value is -6.21. The standard InChI is InChI=1S/C55H69FN6O11/c1-32(2)30-61-22-18-55(19-23-61)58-46-43-44-49(67)35(5)51-45(43)52(69)54(6,73-51)71-26-8-7-13-39(72-42(66)29-41(65)62-21-10-20-60(24-25-62)31-36-14-16-37(56)17-15-36)27-38(63)28-40(64)33(3)11-9-12-34(4)53(70)57-48(50(44)68)47(46)59-55/h8-9,11-12,14-17,26,32-33,38-40,63-64,67-68H,7,10,13,18-25,27-31H2,1-6H3,(H,57,70)/b11-9+,26-8+,34-12-/t33?,38?,39-,40-,54+/m1/s1. The lowest BCUT2D eigenvalue weighted by Crippen LogP contribution is -2.43. The molecule has 0 saturated carbocycles. The number of likely N-dealkylation sites (tertiary alicyclic amines) is 1. The van der Waals surface area contributed by atoms with Gasteiger partial charge in [-0.3, -0.25) is 34.1 Å². The maximum Gasteiger partial charge on any atom is 0.315 e. The van der Waals surface area contributed by atoms with Crippen LogP contribution in [0.2, 0.25) is 0 Å². The highest BCUT2D eigenvalue weighted by atomic mass is 19.1. The fourth-order valence-electron chi connectivity index (χ4n) is 10.4. The highest BCUT2D eigenvalue weighted by Gasteiger charge is 2.50. The molecule has 3 aromatic carbocycles. The van der Waals surface area contributed by atoms with Crippen molar-refractivity contribution in [3.8, 4) is 17.2 Å². The number of hydrogen-bond acceptors (Lipinski definition) is 15. The molecule has 6 aliphatic heterocycles. The van der Waals surface area contributed by atoms with Crippen molar-refractivity contribution in [2.45, 2.75) is 129 Å². The topological polar surface area (TPSA) is 223 Å². The fourth-order valence-corrected chi connectivity index (χ4v) is 10.4. The van der Waals surface area contributed by atoms with Gasteiger partial charge in [0.05, 0.1) is 34.8 Å². The fraction of sp³-hybridized carbons (Fsp3) is 0.527. The highest BCUT2D eigenvalue weighted by Crippen LogP contribution is 2.50. The number of rotatable bonds is 7. The molecular formula is C55H69FN6O11. The zero-order chi connectivity index (χ0) is 52.4. The third kappa shape index (κ3) is 11.8. The number of aliphatic hydroxyl groups excluding tert-OH is 2. The predicted octanol–water partition coefficient (Wildman–Crippen LogP) is 5.63. The molecule has 2 unspecified atom stereocenters. The number of benzene rings is 3. The number of allylic oxidation sites excluding steroid dienone is 3. The van der Waals surface area contributed by atoms with Gasteiger partial charge >= 0.3 is 11.8 Å². The van der Waals surface area contributed by atoms with Crippen LogP contribution in [-0.2, 0) is 30.4 Å². The summed E-state index contributed by atoms with van der Waals surface area (Å²) in [6, 6.07) is 6.32. The molecule has 5 atom stereocenters. The number of nitrogens with zero attached hydrogens (tertiary/aromatic N) is 5. The molecule has 1 spiro atoms. The molecule has 5 N–H and O–H groups in total. The van der Waals surface area contributed by atoms with Crippen molar-refractivity contribution in [2.24, 2.45) is 21.8 Å². The number of Topliss-reactive ketones (excluding diaryl/α,β-unsaturated/α-hetero) is 1. The molecule has 9 rings (SSSR count). The number of nitrogens with one attached hydrogen (secondary N) is 1. The Kier molecular flexibility index (Phi) is 16.1. The molecule has 6 heterocycles. The lowest BCUT2D eigenvalue weighted by molar-refractivity contribution is -0.154. The van der Waals surface area contributed by atoms with Crippen molar-refractivity contribution in [2.75, 3.05) is 51.1 Å². The normalized spacial score (nSPS) is 26.8. The highest BCUT2D eigenvalue weighted by molar-refractivity contribution is 6.19. The Morgan fingerprint density at radius 2 is 1.67 bits per heavy atom. The SMILES string of the molecule is C/C1=C/C=C/C(C)[C@H](O)CC(O)C[C@H](OC(=O)CC(=O)N2CCCN(Cc3ccc(F)cc3)CC2)CC/C=C/O[C@@]2(C)Oc3c(C)c(O)c4c(O)c(c5c(c4c3C2=O)=NC2(CCN(CC(C)C)CC2)N=5)NC1=O. The molecular weight excluding hydrogens is 940 g/mol. The van der Waals surface area contributed by atoms with Gasteiger partial charge in [0.1, 0.15) is 40.9 Å². The molecule has 2 saturated heterocycles. The number of carbonyl (C=O) groups is 4. The molecule has 2 amide bonds. The second-order valence-electron chi connectivity index (χ2n) is 20.9. The van der Waals surface area contributed by atoms with E-state index in [-0.39, 0.29) is 92.8 Å². The van der Waals surface area contributed by atoms with Gasteiger partial charge in [0.2, 0.25) is 5.91 Å². The number of amides is 2. The van der Waals surface area contributed by atoms with E-state index in [1.54, 1.807) is 62.1 Å². The van der Waals surface area contributed by atoms with Gasteiger partial charge in [0.15, 0.2) is 11.4 Å². The van der Waals surface area contributed by atoms with Crippen molar-refractivity contribution < 1.29 is 58.2 Å². The van der Waals surface area contributed by atoms with E-state index < -0.39 is 65.5 Å². The van der Waals surface area contributed by atoms with Crippen LogP contribution in [0.1, 0.15) is 107 Å². The summed E-state index contributed by atoms with van der Waals surface area (Å²) in [5.41, 5.74) is 0.332. The Bertz CT molecular complexity index is 2840. The zero-order valence-corrected chi connectivity index (χ0v) is 42.7. The van der Waals surface area contributed by atoms with E-state index in [2.05, 4.69) is 29.0 Å². The lowest BCUT2D eigenvalue weighted by atomic mass is 9.93. The number of hydrogen-bond donors (Lipinski definition) is 5. The first-order valence-corrected chi connectivity index (χ1v) is 25.5. The van der Waals surface area contributed by atoms with Gasteiger partial charge in [0, 0.05) is 101 Å². The van der Waals surface area contributed by atoms with E-state index in [9.17, 15) is 44.0 Å². The average Bonchev–Trinajstić information content (AvgIpc) is 3.71. The summed E-state index contributed by atoms with van der Waals surface area (Å²) in [5, 5.41) is 49.7. The molecule has 0 radical (unpaired) electrons. The molecule has 6 aliphatic rings. The van der Waals surface area contributed by atoms with Crippen LogP contribution in [0.15, 0.2) is 70.4 Å². The molecule has 0 aromatic heterocycles. The quantitative estimate of drug-likeness (QED) is 0.110. The number of phenolic OH excluding ortho intramolecular Hbond substituents is 2. The number of phenols is 2. The first kappa shape index (κ1) is 53.1. The molecule has 0 aliphatic carbocycles. The summed E-state index contributed by atoms with van der Waals surface area (Å²) < 4.78 is 31.7. The summed E-state index contributed by atoms with van der Waals surface area (Å²) in [6.45, 7) is 15.7. The van der Waals surface area contributed by atoms with Crippen molar-refractivity contribution in [1.82, 2.24) is 14.7 Å². The minimum absolute atomic E-state index is 0.0314. The number of halogens is 1. The third-order valence-corrected chi connectivity index (χ3v) is 14.6. The maximum absolute atomic E-state index is 14.7. The van der Waals surface area contributed by atoms with Gasteiger partial charge in [-0.15, -0.1) is 0 Å². The Morgan fingerprint density at radius 1 is 0.945 bits per heavy atom. The Labute approximate surface area is 424 Å². The second-order valence-corrected chi connectivity index (χ2v) is 20.9. The zero-order valence-electron chi connectivity index (χ0n) is 42.7. The largest absolute Gasteiger partial charge is 0.507 e. The molecule has 73 heavy (non-hydrogen) atoms. The molecule has 17 nitrogen and oxygen atoms in total. The Balaban J connectivity index is 1.06. The van der Waals surface area contributed by atoms with Crippen LogP contribution < -0.4 is 20.8 Å². The number of carbonyl (C=O) groups excluding carboxylic acids is 4. The van der Waals surface area contributed by atoms with Crippen molar-refractivity contribution in [3.05, 3.63) is 93.6 Å². The summed E-state index contributed by atoms with van der Waals surface area (Å²) in [7, 11) is 0. The number of anilines is 1. The van der Waals surface area contributed by atoms with Crippen molar-refractivity contribution in [1.29, 1.82) is 0 Å². The Morgan fingerprint density at radius 3 is 2.40 bits per heavy atom. The van der Waals surface area contributed by atoms with Crippen LogP contribution in [-0.4, -0.2) is 134 Å². The smallest absolute Gasteiger partial charge is 0.315 e. The van der Waals surface area contributed by atoms with Gasteiger partial charge in [0.25, 0.3) is 11.7 Å². The first-order valence-electron chi connectivity index (χ1n) is 25.5. The molecule has 392 valence electrons. The van der Waals surface area contributed by atoms with Gasteiger partial charge in [-0.25, -0.2) is 4.39 Å². The number of fused-ring (bicyclic) bond motifs is 13. The summed E-state index contributed by atoms with van der Waals surface area (Å²) >= 11 is 0. The minimum Gasteiger partial charge on any atom is -0.507 e. The maximum atomic E-state index is 14.7. The molecule has 18 heteroatoms. The molecule has 2 fully saturated rings. The lowest BCUT2D eigenvalue weighted by Gasteiger charge is -2.36. The van der Waals surface area contributed by atoms with E-state index in [1.807, 2.05) is 0 Å². The van der Waals surface area contributed by atoms with E-state index in [0.717, 1.165) is 18.7 Å².